The number of nitrogens with zero attached hydrogens (tertiary/aromatic N) is 3. The smallest absolute Gasteiger partial charge is 0.185 e. The van der Waals surface area contributed by atoms with Crippen LogP contribution in [0.2, 0.25) is 0 Å². The summed E-state index contributed by atoms with van der Waals surface area (Å²) >= 11 is 1.74. The molecule has 0 unspecified atom stereocenters. The van der Waals surface area contributed by atoms with Crippen molar-refractivity contribution in [1.82, 2.24) is 9.88 Å². The lowest BCUT2D eigenvalue weighted by molar-refractivity contribution is 0.226. The molecular formula is C15H28N4S. The summed E-state index contributed by atoms with van der Waals surface area (Å²) in [6.07, 6.45) is 5.58. The van der Waals surface area contributed by atoms with E-state index in [1.54, 1.807) is 11.3 Å². The molecule has 0 aliphatic carbocycles. The molecule has 2 rings (SSSR count). The first-order chi connectivity index (χ1) is 9.61. The Morgan fingerprint density at radius 2 is 2.00 bits per heavy atom. The standard InChI is InChI=1S/C15H28N4S/c1-15(2,5-6-16)4-3-8-18-9-11-19(12-10-18)14-17-7-13-20-14/h7,13H,3-6,8-12,16H2,1-2H3. The monoisotopic (exact) mass is 296 g/mol. The molecular weight excluding hydrogens is 268 g/mol. The fraction of sp³-hybridized carbons (Fsp3) is 0.800. The minimum atomic E-state index is 0.400. The van der Waals surface area contributed by atoms with Gasteiger partial charge in [-0.15, -0.1) is 11.3 Å². The molecule has 1 aromatic heterocycles. The Labute approximate surface area is 127 Å². The first kappa shape index (κ1) is 15.7. The summed E-state index contributed by atoms with van der Waals surface area (Å²) in [5.74, 6) is 0. The minimum Gasteiger partial charge on any atom is -0.346 e. The summed E-state index contributed by atoms with van der Waals surface area (Å²) < 4.78 is 0. The van der Waals surface area contributed by atoms with Crippen LogP contribution in [0.15, 0.2) is 11.6 Å². The van der Waals surface area contributed by atoms with Gasteiger partial charge in [0.15, 0.2) is 5.13 Å². The molecule has 1 fully saturated rings. The number of nitrogens with two attached hydrogens (primary N) is 1. The van der Waals surface area contributed by atoms with Crippen molar-refractivity contribution in [2.45, 2.75) is 33.1 Å². The Morgan fingerprint density at radius 3 is 2.60 bits per heavy atom. The van der Waals surface area contributed by atoms with Gasteiger partial charge in [-0.3, -0.25) is 4.90 Å². The molecule has 0 spiro atoms. The van der Waals surface area contributed by atoms with E-state index in [4.69, 9.17) is 5.73 Å². The molecule has 1 saturated heterocycles. The third kappa shape index (κ3) is 4.72. The Bertz CT molecular complexity index is 369. The first-order valence-electron chi connectivity index (χ1n) is 7.68. The summed E-state index contributed by atoms with van der Waals surface area (Å²) in [6, 6.07) is 0. The van der Waals surface area contributed by atoms with Gasteiger partial charge < -0.3 is 10.6 Å². The largest absolute Gasteiger partial charge is 0.346 e. The van der Waals surface area contributed by atoms with Crippen molar-refractivity contribution in [3.63, 3.8) is 0 Å². The van der Waals surface area contributed by atoms with Crippen molar-refractivity contribution in [2.24, 2.45) is 11.1 Å². The van der Waals surface area contributed by atoms with Crippen molar-refractivity contribution in [3.05, 3.63) is 11.6 Å². The predicted octanol–water partition coefficient (Wildman–Crippen LogP) is 2.42. The zero-order valence-corrected chi connectivity index (χ0v) is 13.7. The van der Waals surface area contributed by atoms with E-state index in [9.17, 15) is 0 Å². The van der Waals surface area contributed by atoms with Crippen molar-refractivity contribution in [1.29, 1.82) is 0 Å². The van der Waals surface area contributed by atoms with Crippen molar-refractivity contribution < 1.29 is 0 Å². The maximum atomic E-state index is 5.67. The molecule has 0 bridgehead atoms. The van der Waals surface area contributed by atoms with Crippen LogP contribution in [0.3, 0.4) is 0 Å². The van der Waals surface area contributed by atoms with E-state index in [1.165, 1.54) is 24.5 Å². The summed E-state index contributed by atoms with van der Waals surface area (Å²) in [6.45, 7) is 11.2. The molecule has 0 amide bonds. The van der Waals surface area contributed by atoms with Crippen LogP contribution in [0, 0.1) is 5.41 Å². The van der Waals surface area contributed by atoms with Gasteiger partial charge in [0, 0.05) is 37.8 Å². The summed E-state index contributed by atoms with van der Waals surface area (Å²) in [7, 11) is 0. The highest BCUT2D eigenvalue weighted by Crippen LogP contribution is 2.26. The molecule has 1 aliphatic heterocycles. The van der Waals surface area contributed by atoms with Crippen LogP contribution in [-0.4, -0.2) is 49.2 Å². The van der Waals surface area contributed by atoms with E-state index in [0.29, 0.717) is 5.41 Å². The highest BCUT2D eigenvalue weighted by atomic mass is 32.1. The average Bonchev–Trinajstić information content (AvgIpc) is 2.93. The van der Waals surface area contributed by atoms with Gasteiger partial charge in [-0.2, -0.15) is 0 Å². The average molecular weight is 296 g/mol. The zero-order valence-electron chi connectivity index (χ0n) is 12.8. The van der Waals surface area contributed by atoms with Gasteiger partial charge in [0.25, 0.3) is 0 Å². The third-order valence-electron chi connectivity index (χ3n) is 4.21. The predicted molar refractivity (Wildman–Crippen MR) is 87.5 cm³/mol. The van der Waals surface area contributed by atoms with E-state index in [1.807, 2.05) is 6.20 Å². The lowest BCUT2D eigenvalue weighted by Gasteiger charge is -2.35. The van der Waals surface area contributed by atoms with E-state index in [2.05, 4.69) is 34.0 Å². The Hall–Kier alpha value is -0.650. The maximum Gasteiger partial charge on any atom is 0.185 e. The normalized spacial score (nSPS) is 17.6. The van der Waals surface area contributed by atoms with Crippen molar-refractivity contribution in [3.8, 4) is 0 Å². The topological polar surface area (TPSA) is 45.4 Å². The maximum absolute atomic E-state index is 5.67. The fourth-order valence-electron chi connectivity index (χ4n) is 2.83. The third-order valence-corrected chi connectivity index (χ3v) is 5.04. The second kappa shape index (κ2) is 7.38. The van der Waals surface area contributed by atoms with Gasteiger partial charge in [0.2, 0.25) is 0 Å². The van der Waals surface area contributed by atoms with Crippen LogP contribution in [0.1, 0.15) is 33.1 Å². The molecule has 2 heterocycles. The highest BCUT2D eigenvalue weighted by Gasteiger charge is 2.20. The van der Waals surface area contributed by atoms with Crippen LogP contribution in [-0.2, 0) is 0 Å². The molecule has 0 aromatic carbocycles. The molecule has 114 valence electrons. The Morgan fingerprint density at radius 1 is 1.25 bits per heavy atom. The van der Waals surface area contributed by atoms with E-state index >= 15 is 0 Å². The SMILES string of the molecule is CC(C)(CCN)CCCN1CCN(c2nccs2)CC1. The summed E-state index contributed by atoms with van der Waals surface area (Å²) in [4.78, 5) is 9.38. The number of hydrogen-bond donors (Lipinski definition) is 1. The van der Waals surface area contributed by atoms with Gasteiger partial charge in [0.1, 0.15) is 0 Å². The molecule has 2 N–H and O–H groups in total. The quantitative estimate of drug-likeness (QED) is 0.839. The van der Waals surface area contributed by atoms with Crippen LogP contribution in [0.4, 0.5) is 5.13 Å². The molecule has 20 heavy (non-hydrogen) atoms. The Kier molecular flexibility index (Phi) is 5.81. The zero-order chi connectivity index (χ0) is 14.4. The Balaban J connectivity index is 1.65. The summed E-state index contributed by atoms with van der Waals surface area (Å²) in [5, 5.41) is 3.23. The molecule has 5 heteroatoms. The van der Waals surface area contributed by atoms with Gasteiger partial charge >= 0.3 is 0 Å². The van der Waals surface area contributed by atoms with Gasteiger partial charge in [-0.05, 0) is 37.8 Å². The van der Waals surface area contributed by atoms with E-state index < -0.39 is 0 Å². The fourth-order valence-corrected chi connectivity index (χ4v) is 3.53. The number of thiazole rings is 1. The van der Waals surface area contributed by atoms with Gasteiger partial charge in [-0.25, -0.2) is 4.98 Å². The molecule has 1 aliphatic rings. The highest BCUT2D eigenvalue weighted by molar-refractivity contribution is 7.13. The second-order valence-electron chi connectivity index (χ2n) is 6.45. The number of aromatic nitrogens is 1. The second-order valence-corrected chi connectivity index (χ2v) is 7.32. The molecule has 0 saturated carbocycles. The molecule has 4 nitrogen and oxygen atoms in total. The first-order valence-corrected chi connectivity index (χ1v) is 8.55. The number of rotatable bonds is 7. The lowest BCUT2D eigenvalue weighted by atomic mass is 9.84. The van der Waals surface area contributed by atoms with Crippen LogP contribution in [0.25, 0.3) is 0 Å². The molecule has 1 aromatic rings. The molecule has 0 radical (unpaired) electrons. The molecule has 0 atom stereocenters. The van der Waals surface area contributed by atoms with E-state index in [-0.39, 0.29) is 0 Å². The van der Waals surface area contributed by atoms with Crippen molar-refractivity contribution >= 4 is 16.5 Å². The summed E-state index contributed by atoms with van der Waals surface area (Å²) in [5.41, 5.74) is 6.07. The lowest BCUT2D eigenvalue weighted by Crippen LogP contribution is -2.46. The van der Waals surface area contributed by atoms with Crippen LogP contribution in [0.5, 0.6) is 0 Å². The minimum absolute atomic E-state index is 0.400. The van der Waals surface area contributed by atoms with E-state index in [0.717, 1.165) is 39.1 Å². The van der Waals surface area contributed by atoms with Crippen LogP contribution < -0.4 is 10.6 Å². The van der Waals surface area contributed by atoms with Crippen LogP contribution >= 0.6 is 11.3 Å². The van der Waals surface area contributed by atoms with Crippen molar-refractivity contribution in [2.75, 3.05) is 44.2 Å². The van der Waals surface area contributed by atoms with Gasteiger partial charge in [0.05, 0.1) is 0 Å². The number of hydrogen-bond acceptors (Lipinski definition) is 5. The number of piperazine rings is 1. The van der Waals surface area contributed by atoms with Gasteiger partial charge in [-0.1, -0.05) is 13.8 Å². The number of anilines is 1.